The molecule has 0 bridgehead atoms. The second-order valence-electron chi connectivity index (χ2n) is 8.40. The molecule has 9 nitrogen and oxygen atoms in total. The number of nitrogens with one attached hydrogen (secondary N) is 2. The van der Waals surface area contributed by atoms with Crippen LogP contribution in [0.5, 0.6) is 11.5 Å². The lowest BCUT2D eigenvalue weighted by Gasteiger charge is -2.26. The minimum atomic E-state index is -0.852. The molecular weight excluding hydrogens is 493 g/mol. The molecule has 0 unspecified atom stereocenters. The summed E-state index contributed by atoms with van der Waals surface area (Å²) < 4.78 is 24.5. The fourth-order valence-electron chi connectivity index (χ4n) is 3.78. The number of rotatable bonds is 8. The third-order valence-corrected chi connectivity index (χ3v) is 5.62. The third kappa shape index (κ3) is 6.22. The number of nitrogens with zero attached hydrogens (tertiary/aromatic N) is 1. The molecule has 0 radical (unpaired) electrons. The number of imide groups is 2. The van der Waals surface area contributed by atoms with Crippen LogP contribution < -0.4 is 20.1 Å². The van der Waals surface area contributed by atoms with Crippen LogP contribution in [-0.4, -0.2) is 35.8 Å². The van der Waals surface area contributed by atoms with Gasteiger partial charge < -0.3 is 14.8 Å². The smallest absolute Gasteiger partial charge is 0.331 e. The summed E-state index contributed by atoms with van der Waals surface area (Å²) >= 11 is 0. The maximum Gasteiger partial charge on any atom is 0.331 e. The fraction of sp³-hybridized carbons (Fsp3) is 0.143. The van der Waals surface area contributed by atoms with Crippen LogP contribution in [0.15, 0.2) is 72.3 Å². The van der Waals surface area contributed by atoms with Gasteiger partial charge in [-0.15, -0.1) is 0 Å². The summed E-state index contributed by atoms with van der Waals surface area (Å²) in [5.41, 5.74) is 2.10. The molecule has 3 aromatic rings. The standard InChI is InChI=1S/C28H24FN3O6/c1-17(33)30-22-8-10-23(11-9-22)38-16-20-13-19(5-12-25(20)37-2)14-24-26(34)31-28(36)32(27(24)35)15-18-3-6-21(29)7-4-18/h3-14H,15-16H2,1-2H3,(H,30,33)(H,31,34,36)/b24-14-. The summed E-state index contributed by atoms with van der Waals surface area (Å²) in [7, 11) is 1.51. The molecule has 0 saturated carbocycles. The molecule has 1 saturated heterocycles. The highest BCUT2D eigenvalue weighted by Gasteiger charge is 2.35. The van der Waals surface area contributed by atoms with Crippen molar-refractivity contribution in [3.05, 3.63) is 94.8 Å². The second kappa shape index (κ2) is 11.4. The van der Waals surface area contributed by atoms with Gasteiger partial charge in [0, 0.05) is 18.2 Å². The topological polar surface area (TPSA) is 114 Å². The molecular formula is C28H24FN3O6. The Morgan fingerprint density at radius 2 is 1.74 bits per heavy atom. The van der Waals surface area contributed by atoms with Gasteiger partial charge in [0.1, 0.15) is 29.5 Å². The molecule has 1 aliphatic rings. The van der Waals surface area contributed by atoms with Crippen molar-refractivity contribution in [1.82, 2.24) is 10.2 Å². The molecule has 0 aromatic heterocycles. The number of halogens is 1. The highest BCUT2D eigenvalue weighted by molar-refractivity contribution is 6.30. The quantitative estimate of drug-likeness (QED) is 0.345. The number of ether oxygens (including phenoxy) is 2. The first kappa shape index (κ1) is 26.1. The van der Waals surface area contributed by atoms with E-state index in [9.17, 15) is 23.6 Å². The van der Waals surface area contributed by atoms with E-state index in [2.05, 4.69) is 10.6 Å². The third-order valence-electron chi connectivity index (χ3n) is 5.62. The predicted molar refractivity (Wildman–Crippen MR) is 137 cm³/mol. The van der Waals surface area contributed by atoms with Crippen molar-refractivity contribution in [2.75, 3.05) is 12.4 Å². The Kier molecular flexibility index (Phi) is 7.81. The van der Waals surface area contributed by atoms with Crippen molar-refractivity contribution in [1.29, 1.82) is 0 Å². The lowest BCUT2D eigenvalue weighted by molar-refractivity contribution is -0.130. The minimum Gasteiger partial charge on any atom is -0.496 e. The van der Waals surface area contributed by atoms with Gasteiger partial charge in [0.2, 0.25) is 5.91 Å². The number of carbonyl (C=O) groups excluding carboxylic acids is 4. The zero-order valence-corrected chi connectivity index (χ0v) is 20.6. The van der Waals surface area contributed by atoms with Crippen molar-refractivity contribution in [2.24, 2.45) is 0 Å². The Morgan fingerprint density at radius 1 is 1.03 bits per heavy atom. The summed E-state index contributed by atoms with van der Waals surface area (Å²) in [4.78, 5) is 50.0. The maximum atomic E-state index is 13.2. The fourth-order valence-corrected chi connectivity index (χ4v) is 3.78. The van der Waals surface area contributed by atoms with Gasteiger partial charge in [-0.25, -0.2) is 9.18 Å². The minimum absolute atomic E-state index is 0.120. The number of amides is 5. The molecule has 3 aromatic carbocycles. The predicted octanol–water partition coefficient (Wildman–Crippen LogP) is 4.03. The van der Waals surface area contributed by atoms with E-state index in [1.165, 1.54) is 44.4 Å². The van der Waals surface area contributed by atoms with Crippen LogP contribution in [0.2, 0.25) is 0 Å². The lowest BCUT2D eigenvalue weighted by Crippen LogP contribution is -2.53. The number of carbonyl (C=O) groups is 4. The molecule has 10 heteroatoms. The molecule has 194 valence electrons. The van der Waals surface area contributed by atoms with E-state index in [1.54, 1.807) is 42.5 Å². The van der Waals surface area contributed by atoms with Crippen LogP contribution >= 0.6 is 0 Å². The number of anilines is 1. The van der Waals surface area contributed by atoms with Gasteiger partial charge in [-0.05, 0) is 65.7 Å². The normalized spacial score (nSPS) is 14.3. The van der Waals surface area contributed by atoms with E-state index in [1.807, 2.05) is 0 Å². The summed E-state index contributed by atoms with van der Waals surface area (Å²) in [5.74, 6) is -1.11. The number of barbiturate groups is 1. The van der Waals surface area contributed by atoms with Crippen molar-refractivity contribution < 1.29 is 33.0 Å². The van der Waals surface area contributed by atoms with E-state index < -0.39 is 23.7 Å². The van der Waals surface area contributed by atoms with Crippen LogP contribution in [-0.2, 0) is 27.5 Å². The first-order valence-corrected chi connectivity index (χ1v) is 11.5. The molecule has 1 aliphatic heterocycles. The Bertz CT molecular complexity index is 1420. The number of benzene rings is 3. The van der Waals surface area contributed by atoms with Gasteiger partial charge in [0.15, 0.2) is 0 Å². The number of methoxy groups -OCH3 is 1. The van der Waals surface area contributed by atoms with Crippen molar-refractivity contribution in [3.63, 3.8) is 0 Å². The zero-order valence-electron chi connectivity index (χ0n) is 20.6. The number of urea groups is 1. The van der Waals surface area contributed by atoms with Crippen LogP contribution in [0.4, 0.5) is 14.9 Å². The molecule has 0 spiro atoms. The molecule has 0 aliphatic carbocycles. The van der Waals surface area contributed by atoms with E-state index in [-0.39, 0.29) is 24.6 Å². The zero-order chi connectivity index (χ0) is 27.2. The summed E-state index contributed by atoms with van der Waals surface area (Å²) in [6.45, 7) is 1.41. The highest BCUT2D eigenvalue weighted by Crippen LogP contribution is 2.25. The Morgan fingerprint density at radius 3 is 2.39 bits per heavy atom. The molecule has 4 rings (SSSR count). The lowest BCUT2D eigenvalue weighted by atomic mass is 10.0. The maximum absolute atomic E-state index is 13.2. The van der Waals surface area contributed by atoms with Gasteiger partial charge >= 0.3 is 6.03 Å². The number of hydrogen-bond acceptors (Lipinski definition) is 6. The summed E-state index contributed by atoms with van der Waals surface area (Å²) in [5, 5.41) is 4.85. The van der Waals surface area contributed by atoms with Crippen molar-refractivity contribution in [3.8, 4) is 11.5 Å². The van der Waals surface area contributed by atoms with Crippen molar-refractivity contribution >= 4 is 35.5 Å². The molecule has 38 heavy (non-hydrogen) atoms. The monoisotopic (exact) mass is 517 g/mol. The average Bonchev–Trinajstić information content (AvgIpc) is 2.89. The second-order valence-corrected chi connectivity index (χ2v) is 8.40. The molecule has 0 atom stereocenters. The van der Waals surface area contributed by atoms with Gasteiger partial charge in [-0.1, -0.05) is 18.2 Å². The van der Waals surface area contributed by atoms with E-state index >= 15 is 0 Å². The van der Waals surface area contributed by atoms with Gasteiger partial charge in [0.25, 0.3) is 11.8 Å². The Balaban J connectivity index is 1.53. The van der Waals surface area contributed by atoms with Gasteiger partial charge in [-0.3, -0.25) is 24.6 Å². The highest BCUT2D eigenvalue weighted by atomic mass is 19.1. The van der Waals surface area contributed by atoms with Crippen molar-refractivity contribution in [2.45, 2.75) is 20.1 Å². The van der Waals surface area contributed by atoms with E-state index in [0.717, 1.165) is 4.90 Å². The first-order valence-electron chi connectivity index (χ1n) is 11.5. The first-order chi connectivity index (χ1) is 18.2. The van der Waals surface area contributed by atoms with Crippen LogP contribution in [0, 0.1) is 5.82 Å². The van der Waals surface area contributed by atoms with Crippen LogP contribution in [0.3, 0.4) is 0 Å². The largest absolute Gasteiger partial charge is 0.496 e. The summed E-state index contributed by atoms with van der Waals surface area (Å²) in [6.07, 6.45) is 1.38. The SMILES string of the molecule is COc1ccc(/C=C2/C(=O)NC(=O)N(Cc3ccc(F)cc3)C2=O)cc1COc1ccc(NC(C)=O)cc1. The average molecular weight is 518 g/mol. The van der Waals surface area contributed by atoms with Gasteiger partial charge in [0.05, 0.1) is 13.7 Å². The molecule has 5 amide bonds. The van der Waals surface area contributed by atoms with Crippen LogP contribution in [0.25, 0.3) is 6.08 Å². The Labute approximate surface area is 217 Å². The molecule has 2 N–H and O–H groups in total. The van der Waals surface area contributed by atoms with E-state index in [4.69, 9.17) is 9.47 Å². The molecule has 1 fully saturated rings. The summed E-state index contributed by atoms with van der Waals surface area (Å²) in [6, 6.07) is 16.4. The number of hydrogen-bond donors (Lipinski definition) is 2. The Hall–Kier alpha value is -4.99. The van der Waals surface area contributed by atoms with Gasteiger partial charge in [-0.2, -0.15) is 0 Å². The van der Waals surface area contributed by atoms with E-state index in [0.29, 0.717) is 33.9 Å². The molecule has 1 heterocycles. The van der Waals surface area contributed by atoms with Crippen LogP contribution in [0.1, 0.15) is 23.6 Å².